The molecule has 0 rings (SSSR count). The third-order valence-corrected chi connectivity index (χ3v) is 4.98. The topological polar surface area (TPSA) is 51.2 Å². The third-order valence-electron chi connectivity index (χ3n) is 1.96. The molecular formula is C10H20O3S2. The summed E-state index contributed by atoms with van der Waals surface area (Å²) in [5, 5.41) is 0. The second-order valence-corrected chi connectivity index (χ2v) is 7.01. The predicted octanol–water partition coefficient (Wildman–Crippen LogP) is 1.91. The fourth-order valence-electron chi connectivity index (χ4n) is 1.04. The van der Waals surface area contributed by atoms with Crippen LogP contribution in [0.3, 0.4) is 0 Å². The Hall–Kier alpha value is -0.0300. The van der Waals surface area contributed by atoms with Crippen LogP contribution in [0.5, 0.6) is 0 Å². The monoisotopic (exact) mass is 252 g/mol. The first kappa shape index (κ1) is 15.0. The maximum Gasteiger partial charge on any atom is 0.150 e. The quantitative estimate of drug-likeness (QED) is 0.588. The summed E-state index contributed by atoms with van der Waals surface area (Å²) < 4.78 is 22.2. The van der Waals surface area contributed by atoms with Crippen molar-refractivity contribution in [1.29, 1.82) is 0 Å². The summed E-state index contributed by atoms with van der Waals surface area (Å²) in [6.45, 7) is 3.71. The highest BCUT2D eigenvalue weighted by atomic mass is 32.2. The van der Waals surface area contributed by atoms with Crippen molar-refractivity contribution in [2.75, 3.05) is 23.0 Å². The average molecular weight is 252 g/mol. The van der Waals surface area contributed by atoms with E-state index in [9.17, 15) is 13.2 Å². The predicted molar refractivity (Wildman–Crippen MR) is 66.2 cm³/mol. The molecule has 0 aliphatic carbocycles. The Morgan fingerprint density at radius 1 is 1.27 bits per heavy atom. The van der Waals surface area contributed by atoms with Crippen LogP contribution in [0.25, 0.3) is 0 Å². The number of thioether (sulfide) groups is 1. The molecule has 0 saturated carbocycles. The van der Waals surface area contributed by atoms with Gasteiger partial charge in [0.2, 0.25) is 0 Å². The van der Waals surface area contributed by atoms with Crippen molar-refractivity contribution in [2.24, 2.45) is 0 Å². The summed E-state index contributed by atoms with van der Waals surface area (Å²) in [7, 11) is -2.90. The van der Waals surface area contributed by atoms with E-state index in [4.69, 9.17) is 0 Å². The molecule has 3 nitrogen and oxygen atoms in total. The van der Waals surface area contributed by atoms with Gasteiger partial charge >= 0.3 is 0 Å². The second kappa shape index (κ2) is 8.16. The maximum atomic E-state index is 11.3. The van der Waals surface area contributed by atoms with Gasteiger partial charge in [0.05, 0.1) is 11.5 Å². The number of carbonyl (C=O) groups is 1. The molecule has 0 fully saturated rings. The largest absolute Gasteiger partial charge is 0.299 e. The van der Waals surface area contributed by atoms with Gasteiger partial charge in [-0.2, -0.15) is 11.8 Å². The molecule has 0 radical (unpaired) electrons. The highest BCUT2D eigenvalue weighted by molar-refractivity contribution is 7.99. The fourth-order valence-corrected chi connectivity index (χ4v) is 2.71. The lowest BCUT2D eigenvalue weighted by molar-refractivity contribution is -0.116. The van der Waals surface area contributed by atoms with Crippen LogP contribution in [-0.4, -0.2) is 37.2 Å². The van der Waals surface area contributed by atoms with Crippen LogP contribution in [-0.2, 0) is 14.6 Å². The smallest absolute Gasteiger partial charge is 0.150 e. The van der Waals surface area contributed by atoms with Crippen LogP contribution in [0.4, 0.5) is 0 Å². The van der Waals surface area contributed by atoms with E-state index in [1.54, 1.807) is 18.7 Å². The molecule has 0 aliphatic heterocycles. The number of ketones is 1. The zero-order chi connectivity index (χ0) is 11.7. The SMILES string of the molecule is CCCSCC(=O)CCCS(=O)(=O)CC. The minimum atomic E-state index is -2.90. The zero-order valence-corrected chi connectivity index (χ0v) is 11.1. The highest BCUT2D eigenvalue weighted by Crippen LogP contribution is 2.05. The first-order valence-corrected chi connectivity index (χ1v) is 8.29. The molecule has 0 spiro atoms. The molecule has 0 aromatic rings. The zero-order valence-electron chi connectivity index (χ0n) is 9.49. The van der Waals surface area contributed by atoms with Crippen LogP contribution >= 0.6 is 11.8 Å². The summed E-state index contributed by atoms with van der Waals surface area (Å²) in [6.07, 6.45) is 1.94. The van der Waals surface area contributed by atoms with E-state index in [0.717, 1.165) is 12.2 Å². The molecule has 0 heterocycles. The molecule has 0 N–H and O–H groups in total. The Bertz CT molecular complexity index is 270. The van der Waals surface area contributed by atoms with Crippen molar-refractivity contribution < 1.29 is 13.2 Å². The van der Waals surface area contributed by atoms with Gasteiger partial charge in [0.15, 0.2) is 0 Å². The molecule has 0 aromatic carbocycles. The van der Waals surface area contributed by atoms with E-state index in [1.807, 2.05) is 0 Å². The number of hydrogen-bond acceptors (Lipinski definition) is 4. The van der Waals surface area contributed by atoms with Gasteiger partial charge in [-0.15, -0.1) is 0 Å². The van der Waals surface area contributed by atoms with E-state index in [2.05, 4.69) is 6.92 Å². The van der Waals surface area contributed by atoms with E-state index >= 15 is 0 Å². The normalized spacial score (nSPS) is 11.6. The Balaban J connectivity index is 3.55. The first-order valence-electron chi connectivity index (χ1n) is 5.31. The van der Waals surface area contributed by atoms with E-state index in [-0.39, 0.29) is 17.3 Å². The van der Waals surface area contributed by atoms with Crippen molar-refractivity contribution in [3.05, 3.63) is 0 Å². The molecule has 5 heteroatoms. The first-order chi connectivity index (χ1) is 7.02. The van der Waals surface area contributed by atoms with Crippen molar-refractivity contribution in [3.8, 4) is 0 Å². The third kappa shape index (κ3) is 8.93. The van der Waals surface area contributed by atoms with Gasteiger partial charge in [0.1, 0.15) is 15.6 Å². The van der Waals surface area contributed by atoms with E-state index in [1.165, 1.54) is 0 Å². The number of sulfone groups is 1. The maximum absolute atomic E-state index is 11.3. The van der Waals surface area contributed by atoms with Gasteiger partial charge in [-0.1, -0.05) is 13.8 Å². The van der Waals surface area contributed by atoms with Crippen LogP contribution in [0.1, 0.15) is 33.1 Å². The summed E-state index contributed by atoms with van der Waals surface area (Å²) in [6, 6.07) is 0. The van der Waals surface area contributed by atoms with Crippen molar-refractivity contribution >= 4 is 27.4 Å². The van der Waals surface area contributed by atoms with Crippen LogP contribution < -0.4 is 0 Å². The molecule has 0 bridgehead atoms. The van der Waals surface area contributed by atoms with Gasteiger partial charge in [-0.05, 0) is 18.6 Å². The Morgan fingerprint density at radius 3 is 2.47 bits per heavy atom. The molecule has 0 amide bonds. The van der Waals surface area contributed by atoms with Crippen LogP contribution in [0.15, 0.2) is 0 Å². The molecule has 0 atom stereocenters. The molecule has 0 unspecified atom stereocenters. The van der Waals surface area contributed by atoms with Crippen molar-refractivity contribution in [2.45, 2.75) is 33.1 Å². The van der Waals surface area contributed by atoms with Crippen LogP contribution in [0, 0.1) is 0 Å². The number of Topliss-reactive ketones (excluding diaryl/α,β-unsaturated/α-hetero) is 1. The van der Waals surface area contributed by atoms with Gasteiger partial charge in [0.25, 0.3) is 0 Å². The van der Waals surface area contributed by atoms with Gasteiger partial charge < -0.3 is 0 Å². The number of carbonyl (C=O) groups excluding carboxylic acids is 1. The van der Waals surface area contributed by atoms with E-state index in [0.29, 0.717) is 18.6 Å². The molecule has 0 saturated heterocycles. The highest BCUT2D eigenvalue weighted by Gasteiger charge is 2.08. The minimum Gasteiger partial charge on any atom is -0.299 e. The Morgan fingerprint density at radius 2 is 1.93 bits per heavy atom. The lowest BCUT2D eigenvalue weighted by Crippen LogP contribution is -2.11. The molecule has 90 valence electrons. The van der Waals surface area contributed by atoms with Gasteiger partial charge in [-0.3, -0.25) is 4.79 Å². The average Bonchev–Trinajstić information content (AvgIpc) is 2.18. The standard InChI is InChI=1S/C10H20O3S2/c1-3-7-14-9-10(11)6-5-8-15(12,13)4-2/h3-9H2,1-2H3. The lowest BCUT2D eigenvalue weighted by atomic mass is 10.2. The summed E-state index contributed by atoms with van der Waals surface area (Å²) in [5.74, 6) is 2.01. The molecule has 0 aliphatic rings. The minimum absolute atomic E-state index is 0.147. The van der Waals surface area contributed by atoms with E-state index < -0.39 is 9.84 Å². The van der Waals surface area contributed by atoms with Gasteiger partial charge in [-0.25, -0.2) is 8.42 Å². The molecular weight excluding hydrogens is 232 g/mol. The lowest BCUT2D eigenvalue weighted by Gasteiger charge is -2.01. The van der Waals surface area contributed by atoms with Crippen molar-refractivity contribution in [1.82, 2.24) is 0 Å². The number of rotatable bonds is 9. The van der Waals surface area contributed by atoms with Crippen LogP contribution in [0.2, 0.25) is 0 Å². The van der Waals surface area contributed by atoms with Gasteiger partial charge in [0, 0.05) is 12.2 Å². The van der Waals surface area contributed by atoms with Crippen molar-refractivity contribution in [3.63, 3.8) is 0 Å². The Labute approximate surface area is 96.9 Å². The number of hydrogen-bond donors (Lipinski definition) is 0. The summed E-state index contributed by atoms with van der Waals surface area (Å²) in [5.41, 5.74) is 0. The summed E-state index contributed by atoms with van der Waals surface area (Å²) >= 11 is 1.63. The molecule has 0 aromatic heterocycles. The summed E-state index contributed by atoms with van der Waals surface area (Å²) in [4.78, 5) is 11.3. The second-order valence-electron chi connectivity index (χ2n) is 3.43. The molecule has 15 heavy (non-hydrogen) atoms. The Kier molecular flexibility index (Phi) is 8.14. The fraction of sp³-hybridized carbons (Fsp3) is 0.900.